The highest BCUT2D eigenvalue weighted by Gasteiger charge is 2.43. The molecule has 0 spiro atoms. The van der Waals surface area contributed by atoms with Crippen molar-refractivity contribution in [3.63, 3.8) is 0 Å². The molecule has 0 aliphatic carbocycles. The Kier molecular flexibility index (Phi) is 10.1. The van der Waals surface area contributed by atoms with Crippen molar-refractivity contribution in [1.82, 2.24) is 4.98 Å². The molecule has 0 fully saturated rings. The average molecular weight is 438 g/mol. The van der Waals surface area contributed by atoms with E-state index in [4.69, 9.17) is 24.3 Å². The summed E-state index contributed by atoms with van der Waals surface area (Å²) in [5, 5.41) is 0.434. The van der Waals surface area contributed by atoms with Gasteiger partial charge in [0.2, 0.25) is 0 Å². The van der Waals surface area contributed by atoms with Crippen LogP contribution in [-0.2, 0) is 9.13 Å². The standard InChI is InChI=1S/C17H32N2O7P2/c1-13(2)5-4-6-14(3)8-10-26-15-7-9-18-16(11-15)19-12-17(27(20,21)22)28(23,24)25/h7,9,11,13-14,17H,4-6,8,10,12H2,1-3H3,(H,18,19)(H2,20,21,22)(H2,23,24,25). The van der Waals surface area contributed by atoms with E-state index in [-0.39, 0.29) is 5.82 Å². The molecule has 11 heteroatoms. The van der Waals surface area contributed by atoms with Crippen molar-refractivity contribution in [2.45, 2.75) is 51.9 Å². The van der Waals surface area contributed by atoms with E-state index in [0.717, 1.165) is 12.8 Å². The van der Waals surface area contributed by atoms with Crippen LogP contribution in [0.1, 0.15) is 46.5 Å². The topological polar surface area (TPSA) is 149 Å². The summed E-state index contributed by atoms with van der Waals surface area (Å²) >= 11 is 0. The van der Waals surface area contributed by atoms with E-state index in [9.17, 15) is 9.13 Å². The first-order valence-electron chi connectivity index (χ1n) is 9.32. The third-order valence-corrected chi connectivity index (χ3v) is 8.05. The number of nitrogens with zero attached hydrogens (tertiary/aromatic N) is 1. The van der Waals surface area contributed by atoms with Crippen LogP contribution in [0.25, 0.3) is 0 Å². The molecular formula is C17H32N2O7P2. The Morgan fingerprint density at radius 2 is 1.71 bits per heavy atom. The Balaban J connectivity index is 2.51. The molecule has 5 N–H and O–H groups in total. The molecule has 1 aromatic heterocycles. The van der Waals surface area contributed by atoms with E-state index < -0.39 is 27.1 Å². The summed E-state index contributed by atoms with van der Waals surface area (Å²) in [6, 6.07) is 3.18. The minimum atomic E-state index is -4.98. The number of aromatic nitrogens is 1. The van der Waals surface area contributed by atoms with Gasteiger partial charge in [-0.2, -0.15) is 0 Å². The second-order valence-corrected chi connectivity index (χ2v) is 11.5. The summed E-state index contributed by atoms with van der Waals surface area (Å²) in [5.74, 6) is 2.00. The van der Waals surface area contributed by atoms with Gasteiger partial charge in [0.1, 0.15) is 11.6 Å². The van der Waals surface area contributed by atoms with Gasteiger partial charge in [-0.1, -0.05) is 40.0 Å². The minimum absolute atomic E-state index is 0.217. The van der Waals surface area contributed by atoms with Gasteiger partial charge in [-0.05, 0) is 24.3 Å². The van der Waals surface area contributed by atoms with Crippen molar-refractivity contribution in [2.24, 2.45) is 11.8 Å². The molecule has 1 heterocycles. The second-order valence-electron chi connectivity index (χ2n) is 7.48. The highest BCUT2D eigenvalue weighted by Crippen LogP contribution is 2.59. The van der Waals surface area contributed by atoms with Crippen molar-refractivity contribution >= 4 is 21.0 Å². The SMILES string of the molecule is CC(C)CCCC(C)CCOc1ccnc(NCC(P(=O)(O)O)P(=O)(O)O)c1. The van der Waals surface area contributed by atoms with Crippen LogP contribution >= 0.6 is 15.2 Å². The van der Waals surface area contributed by atoms with E-state index in [1.807, 2.05) is 0 Å². The van der Waals surface area contributed by atoms with Gasteiger partial charge in [0, 0.05) is 18.8 Å². The molecule has 0 aliphatic rings. The summed E-state index contributed by atoms with van der Waals surface area (Å²) in [6.07, 6.45) is 5.92. The number of hydrogen-bond acceptors (Lipinski definition) is 5. The van der Waals surface area contributed by atoms with E-state index in [1.165, 1.54) is 25.1 Å². The fraction of sp³-hybridized carbons (Fsp3) is 0.706. The van der Waals surface area contributed by atoms with Crippen LogP contribution in [0, 0.1) is 11.8 Å². The van der Waals surface area contributed by atoms with Gasteiger partial charge in [-0.3, -0.25) is 9.13 Å². The fourth-order valence-corrected chi connectivity index (χ4v) is 4.85. The molecule has 28 heavy (non-hydrogen) atoms. The molecule has 1 atom stereocenters. The predicted octanol–water partition coefficient (Wildman–Crippen LogP) is 3.41. The molecule has 9 nitrogen and oxygen atoms in total. The van der Waals surface area contributed by atoms with Gasteiger partial charge in [0.25, 0.3) is 0 Å². The van der Waals surface area contributed by atoms with E-state index in [1.54, 1.807) is 6.07 Å². The lowest BCUT2D eigenvalue weighted by Gasteiger charge is -2.20. The second kappa shape index (κ2) is 11.3. The van der Waals surface area contributed by atoms with Crippen LogP contribution in [0.3, 0.4) is 0 Å². The zero-order chi connectivity index (χ0) is 21.4. The number of pyridine rings is 1. The van der Waals surface area contributed by atoms with Crippen LogP contribution in [0.4, 0.5) is 5.82 Å². The molecule has 1 aromatic rings. The molecular weight excluding hydrogens is 406 g/mol. The lowest BCUT2D eigenvalue weighted by atomic mass is 9.98. The quantitative estimate of drug-likeness (QED) is 0.292. The van der Waals surface area contributed by atoms with Gasteiger partial charge >= 0.3 is 15.2 Å². The molecule has 1 unspecified atom stereocenters. The molecule has 0 amide bonds. The van der Waals surface area contributed by atoms with Crippen LogP contribution in [0.15, 0.2) is 18.3 Å². The maximum atomic E-state index is 11.3. The fourth-order valence-electron chi connectivity index (χ4n) is 2.62. The van der Waals surface area contributed by atoms with Crippen LogP contribution in [0.2, 0.25) is 0 Å². The third kappa shape index (κ3) is 10.0. The smallest absolute Gasteiger partial charge is 0.342 e. The molecule has 0 saturated carbocycles. The number of hydrogen-bond donors (Lipinski definition) is 5. The predicted molar refractivity (Wildman–Crippen MR) is 109 cm³/mol. The van der Waals surface area contributed by atoms with Gasteiger partial charge in [0.15, 0.2) is 5.40 Å². The Hall–Kier alpha value is -0.950. The molecule has 0 aliphatic heterocycles. The number of nitrogens with one attached hydrogen (secondary N) is 1. The van der Waals surface area contributed by atoms with Crippen molar-refractivity contribution in [2.75, 3.05) is 18.5 Å². The highest BCUT2D eigenvalue weighted by atomic mass is 31.2. The van der Waals surface area contributed by atoms with Crippen LogP contribution in [-0.4, -0.2) is 43.1 Å². The van der Waals surface area contributed by atoms with Gasteiger partial charge in [0.05, 0.1) is 6.61 Å². The monoisotopic (exact) mass is 438 g/mol. The lowest BCUT2D eigenvalue weighted by molar-refractivity contribution is 0.275. The summed E-state index contributed by atoms with van der Waals surface area (Å²) < 4.78 is 28.3. The molecule has 0 radical (unpaired) electrons. The van der Waals surface area contributed by atoms with Gasteiger partial charge in [-0.15, -0.1) is 0 Å². The summed E-state index contributed by atoms with van der Waals surface area (Å²) in [6.45, 7) is 6.53. The zero-order valence-corrected chi connectivity index (χ0v) is 18.4. The molecule has 0 saturated heterocycles. The van der Waals surface area contributed by atoms with Crippen molar-refractivity contribution in [3.8, 4) is 5.75 Å². The molecule has 0 bridgehead atoms. The third-order valence-electron chi connectivity index (χ3n) is 4.33. The zero-order valence-electron chi connectivity index (χ0n) is 16.6. The van der Waals surface area contributed by atoms with E-state index in [0.29, 0.717) is 24.2 Å². The van der Waals surface area contributed by atoms with E-state index >= 15 is 0 Å². The molecule has 1 rings (SSSR count). The number of anilines is 1. The first kappa shape index (κ1) is 25.1. The minimum Gasteiger partial charge on any atom is -0.493 e. The Labute approximate surface area is 166 Å². The van der Waals surface area contributed by atoms with Crippen molar-refractivity contribution in [1.29, 1.82) is 0 Å². The Bertz CT molecular complexity index is 668. The first-order valence-corrected chi connectivity index (χ1v) is 12.7. The van der Waals surface area contributed by atoms with Crippen LogP contribution < -0.4 is 10.1 Å². The van der Waals surface area contributed by atoms with Crippen molar-refractivity contribution < 1.29 is 33.4 Å². The maximum absolute atomic E-state index is 11.3. The Morgan fingerprint density at radius 1 is 1.07 bits per heavy atom. The molecule has 162 valence electrons. The van der Waals surface area contributed by atoms with Gasteiger partial charge in [-0.25, -0.2) is 4.98 Å². The largest absolute Gasteiger partial charge is 0.493 e. The summed E-state index contributed by atoms with van der Waals surface area (Å²) in [7, 11) is -9.95. The average Bonchev–Trinajstić information content (AvgIpc) is 2.52. The Morgan fingerprint density at radius 3 is 2.29 bits per heavy atom. The van der Waals surface area contributed by atoms with Crippen molar-refractivity contribution in [3.05, 3.63) is 18.3 Å². The summed E-state index contributed by atoms with van der Waals surface area (Å²) in [4.78, 5) is 40.5. The molecule has 0 aromatic carbocycles. The van der Waals surface area contributed by atoms with Gasteiger partial charge < -0.3 is 29.6 Å². The van der Waals surface area contributed by atoms with E-state index in [2.05, 4.69) is 31.1 Å². The van der Waals surface area contributed by atoms with Crippen LogP contribution in [0.5, 0.6) is 5.75 Å². The number of ether oxygens (including phenoxy) is 1. The summed E-state index contributed by atoms with van der Waals surface area (Å²) in [5.41, 5.74) is 0. The first-order chi connectivity index (χ1) is 12.9. The highest BCUT2D eigenvalue weighted by molar-refractivity contribution is 7.70. The number of rotatable bonds is 13. The normalized spacial score (nSPS) is 13.8. The maximum Gasteiger partial charge on any atom is 0.342 e. The lowest BCUT2D eigenvalue weighted by Crippen LogP contribution is -2.21.